The number of nitrogens with one attached hydrogen (secondary N) is 2. The molecule has 9 nitrogen and oxygen atoms in total. The Hall–Kier alpha value is -4.66. The molecule has 3 amide bonds. The summed E-state index contributed by atoms with van der Waals surface area (Å²) in [4.78, 5) is 37.0. The van der Waals surface area contributed by atoms with Crippen molar-refractivity contribution in [2.75, 3.05) is 30.4 Å². The van der Waals surface area contributed by atoms with Crippen LogP contribution in [0.3, 0.4) is 0 Å². The summed E-state index contributed by atoms with van der Waals surface area (Å²) in [5.41, 5.74) is 1.93. The molecule has 0 fully saturated rings. The average molecular weight is 475 g/mol. The van der Waals surface area contributed by atoms with Crippen LogP contribution in [0.4, 0.5) is 21.9 Å². The topological polar surface area (TPSA) is 114 Å². The number of hydrogen-bond donors (Lipinski definition) is 2. The lowest BCUT2D eigenvalue weighted by molar-refractivity contribution is -0.384. The molecule has 3 rings (SSSR count). The van der Waals surface area contributed by atoms with Crippen molar-refractivity contribution in [3.05, 3.63) is 101 Å². The number of amides is 3. The molecule has 180 valence electrons. The quantitative estimate of drug-likeness (QED) is 0.188. The number of hydrogen-bond acceptors (Lipinski definition) is 5. The summed E-state index contributed by atoms with van der Waals surface area (Å²) in [6, 6.07) is 21.7. The Labute approximate surface area is 203 Å². The van der Waals surface area contributed by atoms with E-state index in [2.05, 4.69) is 10.6 Å². The number of nitro benzene ring substituents is 1. The molecule has 0 heterocycles. The Morgan fingerprint density at radius 1 is 1.00 bits per heavy atom. The van der Waals surface area contributed by atoms with E-state index in [-0.39, 0.29) is 11.6 Å². The van der Waals surface area contributed by atoms with Gasteiger partial charge in [-0.2, -0.15) is 0 Å². The first-order valence-electron chi connectivity index (χ1n) is 10.9. The predicted octanol–water partition coefficient (Wildman–Crippen LogP) is 4.86. The molecule has 0 bridgehead atoms. The number of ether oxygens (including phenoxy) is 1. The standard InChI is InChI=1S/C26H26N4O5/c1-35-24-15-13-22(14-16-24)29(26(32)28-21-9-11-23(12-10-21)30(33)34)19-5-18-27-25(31)17-8-20-6-3-2-4-7-20/h2-4,6-17H,5,18-19H2,1H3,(H,27,31)(H,28,32)/b17-8+. The number of benzene rings is 3. The van der Waals surface area contributed by atoms with E-state index in [4.69, 9.17) is 4.74 Å². The van der Waals surface area contributed by atoms with Gasteiger partial charge in [0.1, 0.15) is 5.75 Å². The SMILES string of the molecule is COc1ccc(N(CCCNC(=O)/C=C/c2ccccc2)C(=O)Nc2ccc([N+](=O)[O-])cc2)cc1. The van der Waals surface area contributed by atoms with Crippen LogP contribution in [0.25, 0.3) is 6.08 Å². The summed E-state index contributed by atoms with van der Waals surface area (Å²) in [6.45, 7) is 0.698. The Morgan fingerprint density at radius 2 is 1.69 bits per heavy atom. The molecule has 0 aliphatic rings. The zero-order chi connectivity index (χ0) is 25.0. The zero-order valence-electron chi connectivity index (χ0n) is 19.2. The molecule has 0 saturated carbocycles. The van der Waals surface area contributed by atoms with Gasteiger partial charge in [-0.1, -0.05) is 30.3 Å². The van der Waals surface area contributed by atoms with Crippen LogP contribution in [0.5, 0.6) is 5.75 Å². The first-order chi connectivity index (χ1) is 17.0. The molecule has 0 spiro atoms. The lowest BCUT2D eigenvalue weighted by Crippen LogP contribution is -2.37. The van der Waals surface area contributed by atoms with E-state index in [0.717, 1.165) is 5.56 Å². The van der Waals surface area contributed by atoms with E-state index in [1.54, 1.807) is 37.5 Å². The van der Waals surface area contributed by atoms with E-state index >= 15 is 0 Å². The molecule has 35 heavy (non-hydrogen) atoms. The molecule has 0 aliphatic heterocycles. The van der Waals surface area contributed by atoms with Crippen LogP contribution in [0.1, 0.15) is 12.0 Å². The van der Waals surface area contributed by atoms with Crippen molar-refractivity contribution in [1.82, 2.24) is 5.32 Å². The summed E-state index contributed by atoms with van der Waals surface area (Å²) >= 11 is 0. The molecular formula is C26H26N4O5. The van der Waals surface area contributed by atoms with Crippen molar-refractivity contribution in [3.63, 3.8) is 0 Å². The summed E-state index contributed by atoms with van der Waals surface area (Å²) in [7, 11) is 1.56. The second-order valence-electron chi connectivity index (χ2n) is 7.47. The maximum absolute atomic E-state index is 13.0. The molecule has 0 radical (unpaired) electrons. The highest BCUT2D eigenvalue weighted by Crippen LogP contribution is 2.21. The Bertz CT molecular complexity index is 1160. The van der Waals surface area contributed by atoms with Gasteiger partial charge in [0.25, 0.3) is 5.69 Å². The van der Waals surface area contributed by atoms with Crippen molar-refractivity contribution in [2.45, 2.75) is 6.42 Å². The first-order valence-corrected chi connectivity index (χ1v) is 10.9. The number of methoxy groups -OCH3 is 1. The molecule has 2 N–H and O–H groups in total. The largest absolute Gasteiger partial charge is 0.497 e. The van der Waals surface area contributed by atoms with Gasteiger partial charge in [-0.3, -0.25) is 19.8 Å². The fourth-order valence-corrected chi connectivity index (χ4v) is 3.21. The maximum atomic E-state index is 13.0. The van der Waals surface area contributed by atoms with Crippen molar-refractivity contribution >= 4 is 35.1 Å². The Kier molecular flexibility index (Phi) is 8.95. The van der Waals surface area contributed by atoms with Gasteiger partial charge in [0, 0.05) is 42.7 Å². The second kappa shape index (κ2) is 12.5. The third kappa shape index (κ3) is 7.71. The molecule has 0 aliphatic carbocycles. The molecular weight excluding hydrogens is 448 g/mol. The number of nitrogens with zero attached hydrogens (tertiary/aromatic N) is 2. The Morgan fingerprint density at radius 3 is 2.31 bits per heavy atom. The normalized spacial score (nSPS) is 10.5. The van der Waals surface area contributed by atoms with Crippen molar-refractivity contribution in [3.8, 4) is 5.75 Å². The van der Waals surface area contributed by atoms with E-state index in [0.29, 0.717) is 36.6 Å². The van der Waals surface area contributed by atoms with Crippen LogP contribution in [0, 0.1) is 10.1 Å². The highest BCUT2D eigenvalue weighted by atomic mass is 16.6. The number of carbonyl (C=O) groups is 2. The minimum atomic E-state index is -0.501. The van der Waals surface area contributed by atoms with Crippen LogP contribution in [-0.2, 0) is 4.79 Å². The highest BCUT2D eigenvalue weighted by molar-refractivity contribution is 6.01. The van der Waals surface area contributed by atoms with Gasteiger partial charge in [-0.05, 0) is 54.5 Å². The van der Waals surface area contributed by atoms with Crippen LogP contribution < -0.4 is 20.3 Å². The van der Waals surface area contributed by atoms with E-state index in [9.17, 15) is 19.7 Å². The summed E-state index contributed by atoms with van der Waals surface area (Å²) in [5.74, 6) is 0.433. The second-order valence-corrected chi connectivity index (χ2v) is 7.47. The van der Waals surface area contributed by atoms with Gasteiger partial charge in [0.05, 0.1) is 12.0 Å². The van der Waals surface area contributed by atoms with Crippen LogP contribution in [0.2, 0.25) is 0 Å². The first kappa shape index (κ1) is 25.0. The van der Waals surface area contributed by atoms with E-state index in [1.807, 2.05) is 30.3 Å². The van der Waals surface area contributed by atoms with Gasteiger partial charge < -0.3 is 15.4 Å². The molecule has 9 heteroatoms. The highest BCUT2D eigenvalue weighted by Gasteiger charge is 2.16. The molecule has 0 unspecified atom stereocenters. The number of rotatable bonds is 10. The van der Waals surface area contributed by atoms with Crippen LogP contribution >= 0.6 is 0 Å². The molecule has 0 aromatic heterocycles. The van der Waals surface area contributed by atoms with Crippen molar-refractivity contribution in [2.24, 2.45) is 0 Å². The third-order valence-corrected chi connectivity index (χ3v) is 5.04. The summed E-state index contributed by atoms with van der Waals surface area (Å²) in [6.07, 6.45) is 3.71. The number of carbonyl (C=O) groups excluding carboxylic acids is 2. The lowest BCUT2D eigenvalue weighted by Gasteiger charge is -2.23. The minimum Gasteiger partial charge on any atom is -0.497 e. The van der Waals surface area contributed by atoms with Gasteiger partial charge >= 0.3 is 6.03 Å². The van der Waals surface area contributed by atoms with Crippen LogP contribution in [-0.4, -0.2) is 37.1 Å². The Balaban J connectivity index is 1.60. The predicted molar refractivity (Wildman–Crippen MR) is 136 cm³/mol. The summed E-state index contributed by atoms with van der Waals surface area (Å²) in [5, 5.41) is 16.4. The zero-order valence-corrected chi connectivity index (χ0v) is 19.2. The number of non-ortho nitro benzene ring substituents is 1. The lowest BCUT2D eigenvalue weighted by atomic mass is 10.2. The average Bonchev–Trinajstić information content (AvgIpc) is 2.88. The fraction of sp³-hybridized carbons (Fsp3) is 0.154. The maximum Gasteiger partial charge on any atom is 0.326 e. The van der Waals surface area contributed by atoms with Crippen LogP contribution in [0.15, 0.2) is 84.9 Å². The monoisotopic (exact) mass is 474 g/mol. The third-order valence-electron chi connectivity index (χ3n) is 5.04. The molecule has 0 saturated heterocycles. The number of nitro groups is 1. The number of urea groups is 1. The van der Waals surface area contributed by atoms with Gasteiger partial charge in [-0.25, -0.2) is 4.79 Å². The molecule has 3 aromatic rings. The van der Waals surface area contributed by atoms with Gasteiger partial charge in [-0.15, -0.1) is 0 Å². The molecule has 0 atom stereocenters. The van der Waals surface area contributed by atoms with E-state index < -0.39 is 11.0 Å². The van der Waals surface area contributed by atoms with Gasteiger partial charge in [0.2, 0.25) is 5.91 Å². The smallest absolute Gasteiger partial charge is 0.326 e. The van der Waals surface area contributed by atoms with Crippen molar-refractivity contribution < 1.29 is 19.2 Å². The van der Waals surface area contributed by atoms with Gasteiger partial charge in [0.15, 0.2) is 0 Å². The minimum absolute atomic E-state index is 0.0629. The summed E-state index contributed by atoms with van der Waals surface area (Å²) < 4.78 is 5.19. The number of anilines is 2. The van der Waals surface area contributed by atoms with Crippen molar-refractivity contribution in [1.29, 1.82) is 0 Å². The fourth-order valence-electron chi connectivity index (χ4n) is 3.21. The van der Waals surface area contributed by atoms with E-state index in [1.165, 1.54) is 35.2 Å². The molecule has 3 aromatic carbocycles.